The number of hydrogen-bond donors (Lipinski definition) is 3. The lowest BCUT2D eigenvalue weighted by atomic mass is 9.35. The molecule has 0 amide bonds. The Bertz CT molecular complexity index is 1130. The third-order valence-corrected chi connectivity index (χ3v) is 10.9. The molecule has 0 radical (unpaired) electrons. The highest BCUT2D eigenvalue weighted by atomic mass is 16.3. The molecule has 1 aromatic rings. The molecule has 5 heteroatoms. The van der Waals surface area contributed by atoms with E-state index < -0.39 is 16.9 Å². The molecule has 4 aliphatic rings. The number of aromatic hydroxyl groups is 2. The van der Waals surface area contributed by atoms with Gasteiger partial charge in [0.25, 0.3) is 0 Å². The third kappa shape index (κ3) is 2.47. The summed E-state index contributed by atoms with van der Waals surface area (Å²) in [7, 11) is 0. The van der Waals surface area contributed by atoms with Gasteiger partial charge in [-0.3, -0.25) is 9.59 Å². The summed E-state index contributed by atoms with van der Waals surface area (Å²) in [6.07, 6.45) is 4.87. The molecule has 7 atom stereocenters. The number of allylic oxidation sites excluding steroid dienone is 2. The van der Waals surface area contributed by atoms with Crippen LogP contribution in [0.2, 0.25) is 0 Å². The van der Waals surface area contributed by atoms with E-state index in [2.05, 4.69) is 27.7 Å². The number of aliphatic hydroxyl groups excluding tert-OH is 1. The average molecular weight is 453 g/mol. The number of fused-ring (bicyclic) bond motifs is 7. The summed E-state index contributed by atoms with van der Waals surface area (Å²) < 4.78 is 0. The lowest BCUT2D eigenvalue weighted by Gasteiger charge is -2.69. The number of carbonyl (C=O) groups excluding carboxylic acids is 2. The Hall–Kier alpha value is -2.14. The van der Waals surface area contributed by atoms with Gasteiger partial charge in [0, 0.05) is 27.9 Å². The first-order chi connectivity index (χ1) is 15.2. The first-order valence-corrected chi connectivity index (χ1v) is 12.3. The maximum absolute atomic E-state index is 13.4. The highest BCUT2D eigenvalue weighted by Crippen LogP contribution is 2.73. The standard InChI is InChI=1S/C28H36O5/c1-14-11-19-26(4,24(33)22(14)31)8-10-28(6)20-13-17(29)21-15(2)23(32)18(30)12-16(21)25(20,3)7-9-27(19,28)5/h12-14,19,24,30,32-33H,7-11H2,1-6H3. The van der Waals surface area contributed by atoms with Crippen LogP contribution in [0.1, 0.15) is 88.2 Å². The van der Waals surface area contributed by atoms with Crippen LogP contribution < -0.4 is 0 Å². The molecule has 0 aromatic heterocycles. The number of hydrogen-bond acceptors (Lipinski definition) is 5. The molecule has 178 valence electrons. The van der Waals surface area contributed by atoms with Crippen LogP contribution in [0.15, 0.2) is 17.7 Å². The van der Waals surface area contributed by atoms with Crippen LogP contribution in [-0.4, -0.2) is 33.0 Å². The summed E-state index contributed by atoms with van der Waals surface area (Å²) in [6, 6.07) is 1.59. The summed E-state index contributed by atoms with van der Waals surface area (Å²) in [5.41, 5.74) is 1.53. The number of phenolic OH excluding ortho intramolecular Hbond substituents is 2. The van der Waals surface area contributed by atoms with E-state index in [-0.39, 0.29) is 45.7 Å². The SMILES string of the molecule is Cc1c(O)c(O)cc2c1C(=O)C=C1C2(C)CCC2(C)C3CC(C)C(=O)C(O)C3(C)CCC12C. The van der Waals surface area contributed by atoms with E-state index in [1.807, 2.05) is 6.92 Å². The molecule has 0 bridgehead atoms. The van der Waals surface area contributed by atoms with Crippen LogP contribution in [0.4, 0.5) is 0 Å². The highest BCUT2D eigenvalue weighted by Gasteiger charge is 2.68. The van der Waals surface area contributed by atoms with Crippen LogP contribution in [0.25, 0.3) is 0 Å². The quantitative estimate of drug-likeness (QED) is 0.483. The number of carbonyl (C=O) groups is 2. The first kappa shape index (κ1) is 22.6. The molecule has 0 saturated heterocycles. The molecular weight excluding hydrogens is 416 g/mol. The van der Waals surface area contributed by atoms with Crippen molar-refractivity contribution in [2.24, 2.45) is 28.1 Å². The Morgan fingerprint density at radius 2 is 1.67 bits per heavy atom. The van der Waals surface area contributed by atoms with Crippen molar-refractivity contribution in [2.45, 2.75) is 85.2 Å². The van der Waals surface area contributed by atoms with Gasteiger partial charge in [0.05, 0.1) is 0 Å². The lowest BCUT2D eigenvalue weighted by molar-refractivity contribution is -0.190. The lowest BCUT2D eigenvalue weighted by Crippen LogP contribution is -2.65. The molecule has 7 unspecified atom stereocenters. The molecule has 3 N–H and O–H groups in total. The van der Waals surface area contributed by atoms with Crippen molar-refractivity contribution in [1.82, 2.24) is 0 Å². The number of phenols is 2. The van der Waals surface area contributed by atoms with Gasteiger partial charge >= 0.3 is 0 Å². The van der Waals surface area contributed by atoms with E-state index in [0.29, 0.717) is 11.1 Å². The van der Waals surface area contributed by atoms with Gasteiger partial charge in [0.1, 0.15) is 6.10 Å². The molecule has 5 nitrogen and oxygen atoms in total. The van der Waals surface area contributed by atoms with Crippen molar-refractivity contribution >= 4 is 11.6 Å². The smallest absolute Gasteiger partial charge is 0.186 e. The summed E-state index contributed by atoms with van der Waals surface area (Å²) in [6.45, 7) is 12.5. The fourth-order valence-electron chi connectivity index (χ4n) is 8.50. The monoisotopic (exact) mass is 452 g/mol. The minimum absolute atomic E-state index is 0.0339. The number of benzene rings is 1. The normalized spacial score (nSPS) is 44.3. The molecule has 3 saturated carbocycles. The van der Waals surface area contributed by atoms with Crippen LogP contribution >= 0.6 is 0 Å². The van der Waals surface area contributed by atoms with Gasteiger partial charge in [-0.15, -0.1) is 0 Å². The van der Waals surface area contributed by atoms with E-state index in [9.17, 15) is 24.9 Å². The zero-order chi connectivity index (χ0) is 24.3. The van der Waals surface area contributed by atoms with E-state index in [0.717, 1.165) is 43.2 Å². The van der Waals surface area contributed by atoms with E-state index in [1.165, 1.54) is 0 Å². The second-order valence-corrected chi connectivity index (χ2v) is 12.3. The van der Waals surface area contributed by atoms with Crippen LogP contribution in [0.3, 0.4) is 0 Å². The number of Topliss-reactive ketones (excluding diaryl/α,β-unsaturated/α-hetero) is 1. The second-order valence-electron chi connectivity index (χ2n) is 12.3. The summed E-state index contributed by atoms with van der Waals surface area (Å²) in [5.74, 6) is -0.555. The second kappa shape index (κ2) is 6.50. The largest absolute Gasteiger partial charge is 0.504 e. The molecule has 4 aliphatic carbocycles. The van der Waals surface area contributed by atoms with Crippen molar-refractivity contribution < 1.29 is 24.9 Å². The van der Waals surface area contributed by atoms with E-state index in [1.54, 1.807) is 19.1 Å². The maximum atomic E-state index is 13.4. The Morgan fingerprint density at radius 1 is 1.00 bits per heavy atom. The minimum Gasteiger partial charge on any atom is -0.504 e. The molecule has 1 aromatic carbocycles. The molecule has 0 heterocycles. The van der Waals surface area contributed by atoms with Crippen LogP contribution in [-0.2, 0) is 10.2 Å². The third-order valence-electron chi connectivity index (χ3n) is 10.9. The summed E-state index contributed by atoms with van der Waals surface area (Å²) >= 11 is 0. The Morgan fingerprint density at radius 3 is 2.33 bits per heavy atom. The van der Waals surface area contributed by atoms with Gasteiger partial charge in [0.2, 0.25) is 0 Å². The Kier molecular flexibility index (Phi) is 4.46. The van der Waals surface area contributed by atoms with E-state index >= 15 is 0 Å². The van der Waals surface area contributed by atoms with Gasteiger partial charge in [-0.1, -0.05) is 34.6 Å². The zero-order valence-electron chi connectivity index (χ0n) is 20.6. The number of rotatable bonds is 0. The first-order valence-electron chi connectivity index (χ1n) is 12.3. The number of ketones is 2. The Labute approximate surface area is 195 Å². The molecule has 0 aliphatic heterocycles. The Balaban J connectivity index is 1.69. The fraction of sp³-hybridized carbons (Fsp3) is 0.643. The topological polar surface area (TPSA) is 94.8 Å². The van der Waals surface area contributed by atoms with Gasteiger partial charge < -0.3 is 15.3 Å². The van der Waals surface area contributed by atoms with Crippen LogP contribution in [0.5, 0.6) is 11.5 Å². The fourth-order valence-corrected chi connectivity index (χ4v) is 8.50. The van der Waals surface area contributed by atoms with Crippen molar-refractivity contribution in [1.29, 1.82) is 0 Å². The van der Waals surface area contributed by atoms with Crippen molar-refractivity contribution in [2.75, 3.05) is 0 Å². The number of aliphatic hydroxyl groups is 1. The van der Waals surface area contributed by atoms with Gasteiger partial charge in [-0.25, -0.2) is 0 Å². The van der Waals surface area contributed by atoms with Crippen molar-refractivity contribution in [3.63, 3.8) is 0 Å². The van der Waals surface area contributed by atoms with Crippen LogP contribution in [0, 0.1) is 35.0 Å². The maximum Gasteiger partial charge on any atom is 0.186 e. The minimum atomic E-state index is -0.939. The summed E-state index contributed by atoms with van der Waals surface area (Å²) in [5, 5.41) is 31.8. The molecular formula is C28H36O5. The molecule has 5 rings (SSSR count). The summed E-state index contributed by atoms with van der Waals surface area (Å²) in [4.78, 5) is 26.2. The zero-order valence-corrected chi connectivity index (χ0v) is 20.6. The van der Waals surface area contributed by atoms with Gasteiger partial charge in [-0.05, 0) is 79.1 Å². The molecule has 0 spiro atoms. The van der Waals surface area contributed by atoms with Crippen molar-refractivity contribution in [3.05, 3.63) is 34.4 Å². The predicted octanol–water partition coefficient (Wildman–Crippen LogP) is 4.98. The highest BCUT2D eigenvalue weighted by molar-refractivity contribution is 6.10. The predicted molar refractivity (Wildman–Crippen MR) is 125 cm³/mol. The van der Waals surface area contributed by atoms with Gasteiger partial charge in [0.15, 0.2) is 23.1 Å². The van der Waals surface area contributed by atoms with E-state index in [4.69, 9.17) is 0 Å². The van der Waals surface area contributed by atoms with Gasteiger partial charge in [-0.2, -0.15) is 0 Å². The average Bonchev–Trinajstić information content (AvgIpc) is 2.76. The molecule has 33 heavy (non-hydrogen) atoms. The molecule has 3 fully saturated rings. The van der Waals surface area contributed by atoms with Crippen molar-refractivity contribution in [3.8, 4) is 11.5 Å².